The monoisotopic (exact) mass is 522 g/mol. The summed E-state index contributed by atoms with van der Waals surface area (Å²) in [6, 6.07) is 13.2. The van der Waals surface area contributed by atoms with E-state index in [4.69, 9.17) is 21.3 Å². The third-order valence-corrected chi connectivity index (χ3v) is 7.59. The van der Waals surface area contributed by atoms with Gasteiger partial charge in [0, 0.05) is 42.9 Å². The third-order valence-electron chi connectivity index (χ3n) is 7.35. The van der Waals surface area contributed by atoms with Gasteiger partial charge in [-0.05, 0) is 74.8 Å². The molecule has 1 amide bonds. The fourth-order valence-corrected chi connectivity index (χ4v) is 5.69. The summed E-state index contributed by atoms with van der Waals surface area (Å²) in [5.41, 5.74) is 2.30. The number of aromatic nitrogens is 2. The largest absolute Gasteiger partial charge is 0.380 e. The first-order valence-corrected chi connectivity index (χ1v) is 13.6. The highest BCUT2D eigenvalue weighted by atomic mass is 35.5. The zero-order chi connectivity index (χ0) is 25.9. The molecule has 1 aromatic heterocycles. The minimum atomic E-state index is -0.224. The molecule has 1 saturated carbocycles. The predicted octanol–water partition coefficient (Wildman–Crippen LogP) is 4.46. The van der Waals surface area contributed by atoms with Crippen molar-refractivity contribution in [1.82, 2.24) is 19.8 Å². The average molecular weight is 523 g/mol. The number of amides is 1. The van der Waals surface area contributed by atoms with Crippen LogP contribution in [-0.2, 0) is 16.1 Å². The number of hydrogen-bond donors (Lipinski definition) is 1. The quantitative estimate of drug-likeness (QED) is 0.496. The van der Waals surface area contributed by atoms with Crippen molar-refractivity contribution in [2.45, 2.75) is 51.6 Å². The molecule has 8 heteroatoms. The number of halogens is 1. The van der Waals surface area contributed by atoms with Crippen LogP contribution in [0, 0.1) is 5.92 Å². The van der Waals surface area contributed by atoms with E-state index in [1.54, 1.807) is 12.1 Å². The average Bonchev–Trinajstić information content (AvgIpc) is 3.11. The van der Waals surface area contributed by atoms with E-state index in [1.165, 1.54) is 10.1 Å². The Morgan fingerprint density at radius 3 is 2.78 bits per heavy atom. The minimum Gasteiger partial charge on any atom is -0.380 e. The standard InChI is InChI=1S/C29H35ClN4O3/c1-19(2)31-27(35)18-34-28(22-5-3-6-24(30)15-22)32-26-8-7-21(16-25(26)29(34)36)23-13-20(14-23)17-33-9-4-11-37-12-10-33/h3,5-8,15-16,19-20,23H,4,9-14,17-18H2,1-2H3,(H,31,35)/t20-,23-. The summed E-state index contributed by atoms with van der Waals surface area (Å²) in [6.45, 7) is 8.64. The van der Waals surface area contributed by atoms with Crippen LogP contribution in [0.2, 0.25) is 5.02 Å². The molecule has 0 radical (unpaired) electrons. The van der Waals surface area contributed by atoms with E-state index in [9.17, 15) is 9.59 Å². The molecule has 1 N–H and O–H groups in total. The Morgan fingerprint density at radius 1 is 1.16 bits per heavy atom. The van der Waals surface area contributed by atoms with Crippen molar-refractivity contribution >= 4 is 28.4 Å². The van der Waals surface area contributed by atoms with Gasteiger partial charge in [0.15, 0.2) is 0 Å². The predicted molar refractivity (Wildman–Crippen MR) is 147 cm³/mol. The molecule has 0 atom stereocenters. The molecule has 0 bridgehead atoms. The van der Waals surface area contributed by atoms with Crippen molar-refractivity contribution in [2.24, 2.45) is 5.92 Å². The van der Waals surface area contributed by atoms with Crippen LogP contribution >= 0.6 is 11.6 Å². The number of hydrogen-bond acceptors (Lipinski definition) is 5. The molecule has 2 fully saturated rings. The lowest BCUT2D eigenvalue weighted by Crippen LogP contribution is -2.37. The van der Waals surface area contributed by atoms with Gasteiger partial charge >= 0.3 is 0 Å². The smallest absolute Gasteiger partial charge is 0.262 e. The van der Waals surface area contributed by atoms with Gasteiger partial charge in [-0.2, -0.15) is 0 Å². The van der Waals surface area contributed by atoms with E-state index in [2.05, 4.69) is 16.3 Å². The maximum Gasteiger partial charge on any atom is 0.262 e. The van der Waals surface area contributed by atoms with Gasteiger partial charge in [-0.1, -0.05) is 29.8 Å². The fourth-order valence-electron chi connectivity index (χ4n) is 5.50. The van der Waals surface area contributed by atoms with Gasteiger partial charge in [0.25, 0.3) is 5.56 Å². The first kappa shape index (κ1) is 25.9. The zero-order valence-electron chi connectivity index (χ0n) is 21.6. The highest BCUT2D eigenvalue weighted by Gasteiger charge is 2.32. The minimum absolute atomic E-state index is 0.0220. The van der Waals surface area contributed by atoms with E-state index in [0.29, 0.717) is 39.1 Å². The molecule has 1 aliphatic carbocycles. The van der Waals surface area contributed by atoms with Crippen molar-refractivity contribution in [3.05, 3.63) is 63.4 Å². The van der Waals surface area contributed by atoms with Crippen molar-refractivity contribution in [1.29, 1.82) is 0 Å². The molecule has 5 rings (SSSR count). The highest BCUT2D eigenvalue weighted by molar-refractivity contribution is 6.30. The lowest BCUT2D eigenvalue weighted by Gasteiger charge is -2.38. The van der Waals surface area contributed by atoms with Crippen molar-refractivity contribution in [3.63, 3.8) is 0 Å². The lowest BCUT2D eigenvalue weighted by molar-refractivity contribution is -0.122. The van der Waals surface area contributed by atoms with Crippen molar-refractivity contribution < 1.29 is 9.53 Å². The second-order valence-electron chi connectivity index (χ2n) is 10.6. The second kappa shape index (κ2) is 11.3. The molecule has 2 aliphatic rings. The van der Waals surface area contributed by atoms with Crippen LogP contribution in [0.15, 0.2) is 47.3 Å². The zero-order valence-corrected chi connectivity index (χ0v) is 22.3. The van der Waals surface area contributed by atoms with Crippen LogP contribution in [0.25, 0.3) is 22.3 Å². The Hall–Kier alpha value is -2.74. The van der Waals surface area contributed by atoms with E-state index in [-0.39, 0.29) is 24.1 Å². The van der Waals surface area contributed by atoms with Crippen molar-refractivity contribution in [2.75, 3.05) is 32.8 Å². The van der Waals surface area contributed by atoms with Gasteiger partial charge < -0.3 is 15.0 Å². The fraction of sp³-hybridized carbons (Fsp3) is 0.483. The topological polar surface area (TPSA) is 76.5 Å². The molecular weight excluding hydrogens is 488 g/mol. The van der Waals surface area contributed by atoms with Gasteiger partial charge in [-0.15, -0.1) is 0 Å². The highest BCUT2D eigenvalue weighted by Crippen LogP contribution is 2.42. The molecule has 0 unspecified atom stereocenters. The normalized spacial score (nSPS) is 20.5. The second-order valence-corrected chi connectivity index (χ2v) is 11.1. The summed E-state index contributed by atoms with van der Waals surface area (Å²) in [5, 5.41) is 3.98. The molecule has 196 valence electrons. The number of carbonyl (C=O) groups is 1. The number of rotatable bonds is 7. The van der Waals surface area contributed by atoms with Crippen molar-refractivity contribution in [3.8, 4) is 11.4 Å². The van der Waals surface area contributed by atoms with E-state index in [1.807, 2.05) is 38.1 Å². The summed E-state index contributed by atoms with van der Waals surface area (Å²) in [5.74, 6) is 1.34. The SMILES string of the molecule is CC(C)NC(=O)Cn1c(-c2cccc(Cl)c2)nc2ccc([C@H]3C[C@H](CN4CCCOCC4)C3)cc2c1=O. The Morgan fingerprint density at radius 2 is 2.00 bits per heavy atom. The number of nitrogens with one attached hydrogen (secondary N) is 1. The number of benzene rings is 2. The number of ether oxygens (including phenoxy) is 1. The van der Waals surface area contributed by atoms with Crippen LogP contribution in [0.1, 0.15) is 44.6 Å². The Labute approximate surface area is 222 Å². The number of carbonyl (C=O) groups excluding carboxylic acids is 1. The molecule has 7 nitrogen and oxygen atoms in total. The molecule has 2 aromatic carbocycles. The van der Waals surface area contributed by atoms with Crippen LogP contribution in [0.3, 0.4) is 0 Å². The maximum absolute atomic E-state index is 13.8. The van der Waals surface area contributed by atoms with E-state index >= 15 is 0 Å². The summed E-state index contributed by atoms with van der Waals surface area (Å²) < 4.78 is 7.06. The van der Waals surface area contributed by atoms with E-state index < -0.39 is 0 Å². The molecular formula is C29H35ClN4O3. The first-order valence-electron chi connectivity index (χ1n) is 13.3. The van der Waals surface area contributed by atoms with Crippen LogP contribution in [0.5, 0.6) is 0 Å². The Bertz CT molecular complexity index is 1320. The molecule has 1 aliphatic heterocycles. The van der Waals surface area contributed by atoms with Gasteiger partial charge in [0.1, 0.15) is 12.4 Å². The third kappa shape index (κ3) is 6.06. The Kier molecular flexibility index (Phi) is 7.93. The number of fused-ring (bicyclic) bond motifs is 1. The van der Waals surface area contributed by atoms with Gasteiger partial charge in [0.05, 0.1) is 17.5 Å². The Balaban J connectivity index is 1.42. The lowest BCUT2D eigenvalue weighted by atomic mass is 9.71. The molecule has 37 heavy (non-hydrogen) atoms. The van der Waals surface area contributed by atoms with Gasteiger partial charge in [-0.3, -0.25) is 14.2 Å². The first-order chi connectivity index (χ1) is 17.9. The summed E-state index contributed by atoms with van der Waals surface area (Å²) in [4.78, 5) is 33.8. The molecule has 3 aromatic rings. The van der Waals surface area contributed by atoms with Crippen LogP contribution < -0.4 is 10.9 Å². The van der Waals surface area contributed by atoms with Crippen LogP contribution in [0.4, 0.5) is 0 Å². The van der Waals surface area contributed by atoms with E-state index in [0.717, 1.165) is 52.1 Å². The molecule has 1 saturated heterocycles. The molecule has 2 heterocycles. The summed E-state index contributed by atoms with van der Waals surface area (Å²) >= 11 is 6.24. The molecule has 0 spiro atoms. The summed E-state index contributed by atoms with van der Waals surface area (Å²) in [7, 11) is 0. The van der Waals surface area contributed by atoms with Gasteiger partial charge in [0.2, 0.25) is 5.91 Å². The summed E-state index contributed by atoms with van der Waals surface area (Å²) in [6.07, 6.45) is 3.36. The maximum atomic E-state index is 13.8. The number of nitrogens with zero attached hydrogens (tertiary/aromatic N) is 3. The van der Waals surface area contributed by atoms with Gasteiger partial charge in [-0.25, -0.2) is 4.98 Å². The van der Waals surface area contributed by atoms with Crippen LogP contribution in [-0.4, -0.2) is 59.2 Å².